The average molecular weight is 156 g/mol. The van der Waals surface area contributed by atoms with Gasteiger partial charge in [0.25, 0.3) is 0 Å². The van der Waals surface area contributed by atoms with Crippen LogP contribution in [-0.2, 0) is 4.79 Å². The number of allylic oxidation sites excluding steroid dienone is 2. The van der Waals surface area contributed by atoms with Gasteiger partial charge in [-0.25, -0.2) is 4.79 Å². The molecule has 0 rings (SSSR count). The van der Waals surface area contributed by atoms with E-state index in [1.165, 1.54) is 6.08 Å². The first-order valence-electron chi connectivity index (χ1n) is 3.25. The summed E-state index contributed by atoms with van der Waals surface area (Å²) in [7, 11) is 0. The Morgan fingerprint density at radius 1 is 1.64 bits per heavy atom. The van der Waals surface area contributed by atoms with Crippen molar-refractivity contribution in [3.05, 3.63) is 23.8 Å². The third kappa shape index (κ3) is 4.33. The van der Waals surface area contributed by atoms with Gasteiger partial charge in [-0.3, -0.25) is 0 Å². The van der Waals surface area contributed by atoms with Crippen molar-refractivity contribution in [2.75, 3.05) is 6.61 Å². The molecule has 2 N–H and O–H groups in total. The molecule has 0 amide bonds. The van der Waals surface area contributed by atoms with Gasteiger partial charge in [0.1, 0.15) is 0 Å². The third-order valence-corrected chi connectivity index (χ3v) is 1.14. The van der Waals surface area contributed by atoms with Crippen molar-refractivity contribution in [1.29, 1.82) is 0 Å². The Balaban J connectivity index is 4.13. The highest BCUT2D eigenvalue weighted by Gasteiger charge is 2.03. The van der Waals surface area contributed by atoms with E-state index in [2.05, 4.69) is 6.58 Å². The summed E-state index contributed by atoms with van der Waals surface area (Å²) in [6.45, 7) is 4.97. The van der Waals surface area contributed by atoms with Crippen molar-refractivity contribution in [1.82, 2.24) is 0 Å². The fourth-order valence-corrected chi connectivity index (χ4v) is 0.517. The molecule has 11 heavy (non-hydrogen) atoms. The molecule has 0 aliphatic rings. The first-order chi connectivity index (χ1) is 5.07. The second-order valence-corrected chi connectivity index (χ2v) is 2.35. The van der Waals surface area contributed by atoms with Crippen LogP contribution in [0.1, 0.15) is 13.3 Å². The van der Waals surface area contributed by atoms with E-state index in [0.29, 0.717) is 6.42 Å². The maximum Gasteiger partial charge on any atom is 0.333 e. The van der Waals surface area contributed by atoms with E-state index in [0.717, 1.165) is 5.57 Å². The predicted octanol–water partition coefficient (Wildman–Crippen LogP) is 0.956. The molecule has 3 heteroatoms. The van der Waals surface area contributed by atoms with Gasteiger partial charge in [-0.15, -0.1) is 0 Å². The van der Waals surface area contributed by atoms with Crippen molar-refractivity contribution in [3.63, 3.8) is 0 Å². The molecule has 0 bridgehead atoms. The van der Waals surface area contributed by atoms with Crippen molar-refractivity contribution >= 4 is 5.97 Å². The van der Waals surface area contributed by atoms with Crippen molar-refractivity contribution < 1.29 is 15.0 Å². The minimum absolute atomic E-state index is 0.0213. The molecular formula is C8H12O3. The maximum absolute atomic E-state index is 10.3. The van der Waals surface area contributed by atoms with Crippen molar-refractivity contribution in [3.8, 4) is 0 Å². The summed E-state index contributed by atoms with van der Waals surface area (Å²) in [6.07, 6.45) is 1.97. The Morgan fingerprint density at radius 3 is 2.45 bits per heavy atom. The molecule has 62 valence electrons. The normalized spacial score (nSPS) is 11.3. The van der Waals surface area contributed by atoms with Gasteiger partial charge in [-0.05, 0) is 13.3 Å². The number of hydrogen-bond acceptors (Lipinski definition) is 2. The summed E-state index contributed by atoms with van der Waals surface area (Å²) >= 11 is 0. The van der Waals surface area contributed by atoms with Crippen molar-refractivity contribution in [2.45, 2.75) is 13.3 Å². The lowest BCUT2D eigenvalue weighted by atomic mass is 10.1. The van der Waals surface area contributed by atoms with E-state index in [-0.39, 0.29) is 5.57 Å². The summed E-state index contributed by atoms with van der Waals surface area (Å²) in [5.41, 5.74) is 0.894. The quantitative estimate of drug-likeness (QED) is 0.470. The SMILES string of the molecule is C=C(C)C/C=C(\CO)C(=O)O. The second kappa shape index (κ2) is 4.68. The zero-order chi connectivity index (χ0) is 8.85. The molecule has 3 nitrogen and oxygen atoms in total. The van der Waals surface area contributed by atoms with Crippen LogP contribution >= 0.6 is 0 Å². The first-order valence-corrected chi connectivity index (χ1v) is 3.25. The number of aliphatic hydroxyl groups is 1. The molecule has 0 atom stereocenters. The van der Waals surface area contributed by atoms with Crippen molar-refractivity contribution in [2.24, 2.45) is 0 Å². The highest BCUT2D eigenvalue weighted by molar-refractivity contribution is 5.86. The lowest BCUT2D eigenvalue weighted by Crippen LogP contribution is -2.04. The van der Waals surface area contributed by atoms with Gasteiger partial charge in [-0.2, -0.15) is 0 Å². The Bertz CT molecular complexity index is 192. The van der Waals surface area contributed by atoms with Gasteiger partial charge in [0, 0.05) is 0 Å². The largest absolute Gasteiger partial charge is 0.478 e. The lowest BCUT2D eigenvalue weighted by Gasteiger charge is -1.96. The van der Waals surface area contributed by atoms with Crippen LogP contribution in [0.2, 0.25) is 0 Å². The number of carboxylic acids is 1. The molecule has 0 aromatic rings. The summed E-state index contributed by atoms with van der Waals surface area (Å²) in [6, 6.07) is 0. The predicted molar refractivity (Wildman–Crippen MR) is 42.2 cm³/mol. The molecule has 0 heterocycles. The number of aliphatic hydroxyl groups excluding tert-OH is 1. The van der Waals surface area contributed by atoms with E-state index in [1.54, 1.807) is 6.92 Å². The number of aliphatic carboxylic acids is 1. The summed E-state index contributed by atoms with van der Waals surface area (Å²) in [5, 5.41) is 17.0. The molecule has 0 spiro atoms. The van der Waals surface area contributed by atoms with Crippen LogP contribution < -0.4 is 0 Å². The van der Waals surface area contributed by atoms with Crippen LogP contribution in [0.25, 0.3) is 0 Å². The van der Waals surface area contributed by atoms with Gasteiger partial charge in [-0.1, -0.05) is 18.2 Å². The minimum Gasteiger partial charge on any atom is -0.478 e. The Kier molecular flexibility index (Phi) is 4.22. The average Bonchev–Trinajstić information content (AvgIpc) is 1.87. The topological polar surface area (TPSA) is 57.5 Å². The Hall–Kier alpha value is -1.09. The van der Waals surface area contributed by atoms with E-state index in [9.17, 15) is 4.79 Å². The molecule has 0 unspecified atom stereocenters. The molecular weight excluding hydrogens is 144 g/mol. The summed E-state index contributed by atoms with van der Waals surface area (Å²) in [5.74, 6) is -1.08. The van der Waals surface area contributed by atoms with Crippen LogP contribution in [0.3, 0.4) is 0 Å². The Labute approximate surface area is 65.7 Å². The van der Waals surface area contributed by atoms with Gasteiger partial charge in [0.15, 0.2) is 0 Å². The van der Waals surface area contributed by atoms with Gasteiger partial charge in [0.05, 0.1) is 12.2 Å². The molecule has 0 saturated carbocycles. The zero-order valence-corrected chi connectivity index (χ0v) is 6.50. The molecule has 0 fully saturated rings. The monoisotopic (exact) mass is 156 g/mol. The standard InChI is InChI=1S/C8H12O3/c1-6(2)3-4-7(5-9)8(10)11/h4,9H,1,3,5H2,2H3,(H,10,11)/b7-4+. The molecule has 0 saturated heterocycles. The smallest absolute Gasteiger partial charge is 0.333 e. The van der Waals surface area contributed by atoms with Gasteiger partial charge in [0.2, 0.25) is 0 Å². The maximum atomic E-state index is 10.3. The first kappa shape index (κ1) is 9.91. The fourth-order valence-electron chi connectivity index (χ4n) is 0.517. The van der Waals surface area contributed by atoms with Crippen LogP contribution in [0.4, 0.5) is 0 Å². The summed E-state index contributed by atoms with van der Waals surface area (Å²) in [4.78, 5) is 10.3. The van der Waals surface area contributed by atoms with Gasteiger partial charge < -0.3 is 10.2 Å². The molecule has 0 radical (unpaired) electrons. The van der Waals surface area contributed by atoms with E-state index >= 15 is 0 Å². The van der Waals surface area contributed by atoms with Crippen LogP contribution in [0, 0.1) is 0 Å². The Morgan fingerprint density at radius 2 is 2.18 bits per heavy atom. The van der Waals surface area contributed by atoms with Crippen LogP contribution in [0.15, 0.2) is 23.8 Å². The molecule has 0 aromatic carbocycles. The minimum atomic E-state index is -1.08. The zero-order valence-electron chi connectivity index (χ0n) is 6.50. The molecule has 0 aliphatic carbocycles. The second-order valence-electron chi connectivity index (χ2n) is 2.35. The molecule has 0 aromatic heterocycles. The molecule has 0 aliphatic heterocycles. The fraction of sp³-hybridized carbons (Fsp3) is 0.375. The number of carboxylic acid groups (broad SMARTS) is 1. The number of rotatable bonds is 4. The third-order valence-electron chi connectivity index (χ3n) is 1.14. The van der Waals surface area contributed by atoms with E-state index < -0.39 is 12.6 Å². The lowest BCUT2D eigenvalue weighted by molar-refractivity contribution is -0.133. The summed E-state index contributed by atoms with van der Waals surface area (Å²) < 4.78 is 0. The van der Waals surface area contributed by atoms with Crippen LogP contribution in [-0.4, -0.2) is 22.8 Å². The van der Waals surface area contributed by atoms with E-state index in [1.807, 2.05) is 0 Å². The van der Waals surface area contributed by atoms with Gasteiger partial charge >= 0.3 is 5.97 Å². The number of hydrogen-bond donors (Lipinski definition) is 2. The number of carbonyl (C=O) groups is 1. The highest BCUT2D eigenvalue weighted by atomic mass is 16.4. The van der Waals surface area contributed by atoms with E-state index in [4.69, 9.17) is 10.2 Å². The van der Waals surface area contributed by atoms with Crippen LogP contribution in [0.5, 0.6) is 0 Å². The highest BCUT2D eigenvalue weighted by Crippen LogP contribution is 2.01.